The number of halogens is 1. The number of hydrogen-bond donors (Lipinski definition) is 0. The molecule has 94 valence electrons. The van der Waals surface area contributed by atoms with E-state index in [2.05, 4.69) is 5.16 Å². The summed E-state index contributed by atoms with van der Waals surface area (Å²) in [5.41, 5.74) is 2.47. The van der Waals surface area contributed by atoms with E-state index in [1.807, 2.05) is 24.3 Å². The normalized spacial score (nSPS) is 14.5. The smallest absolute Gasteiger partial charge is 0.140 e. The Morgan fingerprint density at radius 3 is 2.78 bits per heavy atom. The Balaban J connectivity index is 1.70. The molecular weight excluding hydrogens is 266 g/mol. The second kappa shape index (κ2) is 5.37. The number of thioether (sulfide) groups is 1. The molecule has 2 nitrogen and oxygen atoms in total. The fourth-order valence-corrected chi connectivity index (χ4v) is 3.23. The van der Waals surface area contributed by atoms with Crippen LogP contribution in [0.1, 0.15) is 29.9 Å². The van der Waals surface area contributed by atoms with E-state index in [1.165, 1.54) is 23.3 Å². The van der Waals surface area contributed by atoms with Crippen molar-refractivity contribution in [3.8, 4) is 0 Å². The Morgan fingerprint density at radius 1 is 1.17 bits per heavy atom. The van der Waals surface area contributed by atoms with Crippen molar-refractivity contribution >= 4 is 23.4 Å². The molecule has 0 radical (unpaired) electrons. The summed E-state index contributed by atoms with van der Waals surface area (Å²) in [4.78, 5) is 1.21. The van der Waals surface area contributed by atoms with E-state index >= 15 is 0 Å². The molecule has 0 N–H and O–H groups in total. The van der Waals surface area contributed by atoms with Gasteiger partial charge in [0.25, 0.3) is 0 Å². The number of fused-ring (bicyclic) bond motifs is 1. The fraction of sp³-hybridized carbons (Fsp3) is 0.357. The van der Waals surface area contributed by atoms with E-state index in [9.17, 15) is 0 Å². The van der Waals surface area contributed by atoms with Crippen LogP contribution in [-0.4, -0.2) is 5.16 Å². The molecule has 0 fully saturated rings. The topological polar surface area (TPSA) is 26.0 Å². The van der Waals surface area contributed by atoms with Crippen LogP contribution in [0, 0.1) is 0 Å². The Bertz CT molecular complexity index is 535. The molecule has 2 aromatic rings. The first-order chi connectivity index (χ1) is 8.83. The molecule has 0 saturated heterocycles. The third-order valence-corrected chi connectivity index (χ3v) is 4.50. The first kappa shape index (κ1) is 12.1. The molecule has 18 heavy (non-hydrogen) atoms. The Hall–Kier alpha value is -0.930. The summed E-state index contributed by atoms with van der Waals surface area (Å²) in [7, 11) is 0. The van der Waals surface area contributed by atoms with Crippen molar-refractivity contribution in [3.05, 3.63) is 46.3 Å². The van der Waals surface area contributed by atoms with E-state index in [1.54, 1.807) is 11.8 Å². The molecule has 0 saturated carbocycles. The van der Waals surface area contributed by atoms with Gasteiger partial charge in [0.1, 0.15) is 5.76 Å². The predicted octanol–water partition coefficient (Wildman–Crippen LogP) is 4.50. The molecule has 1 aliphatic rings. The minimum absolute atomic E-state index is 0.776. The highest BCUT2D eigenvalue weighted by molar-refractivity contribution is 7.98. The van der Waals surface area contributed by atoms with Crippen molar-refractivity contribution in [3.63, 3.8) is 0 Å². The minimum Gasteiger partial charge on any atom is -0.361 e. The second-order valence-corrected chi connectivity index (χ2v) is 5.97. The van der Waals surface area contributed by atoms with Gasteiger partial charge < -0.3 is 4.52 Å². The molecule has 0 bridgehead atoms. The van der Waals surface area contributed by atoms with E-state index in [0.29, 0.717) is 0 Å². The molecule has 0 unspecified atom stereocenters. The third-order valence-electron chi connectivity index (χ3n) is 3.22. The van der Waals surface area contributed by atoms with Gasteiger partial charge in [0.2, 0.25) is 0 Å². The quantitative estimate of drug-likeness (QED) is 0.774. The Morgan fingerprint density at radius 2 is 1.94 bits per heavy atom. The summed E-state index contributed by atoms with van der Waals surface area (Å²) < 4.78 is 5.41. The molecule has 1 aromatic heterocycles. The van der Waals surface area contributed by atoms with Crippen molar-refractivity contribution in [2.75, 3.05) is 0 Å². The van der Waals surface area contributed by atoms with Gasteiger partial charge in [0, 0.05) is 27.7 Å². The summed E-state index contributed by atoms with van der Waals surface area (Å²) in [5, 5.41) is 4.98. The lowest BCUT2D eigenvalue weighted by Gasteiger charge is -2.08. The summed E-state index contributed by atoms with van der Waals surface area (Å²) in [6.07, 6.45) is 4.65. The highest BCUT2D eigenvalue weighted by Crippen LogP contribution is 2.29. The maximum Gasteiger partial charge on any atom is 0.140 e. The van der Waals surface area contributed by atoms with Crippen LogP contribution in [0.5, 0.6) is 0 Å². The van der Waals surface area contributed by atoms with E-state index < -0.39 is 0 Å². The molecule has 0 aliphatic heterocycles. The lowest BCUT2D eigenvalue weighted by molar-refractivity contribution is 0.369. The number of nitrogens with zero attached hydrogens (tertiary/aromatic N) is 1. The highest BCUT2D eigenvalue weighted by Gasteiger charge is 2.18. The second-order valence-electron chi connectivity index (χ2n) is 4.48. The zero-order chi connectivity index (χ0) is 12.4. The van der Waals surface area contributed by atoms with Crippen molar-refractivity contribution in [2.45, 2.75) is 36.3 Å². The summed E-state index contributed by atoms with van der Waals surface area (Å²) >= 11 is 7.65. The van der Waals surface area contributed by atoms with Crippen LogP contribution in [-0.2, 0) is 18.6 Å². The molecule has 4 heteroatoms. The van der Waals surface area contributed by atoms with Gasteiger partial charge >= 0.3 is 0 Å². The van der Waals surface area contributed by atoms with E-state index in [-0.39, 0.29) is 0 Å². The number of hydrogen-bond acceptors (Lipinski definition) is 3. The van der Waals surface area contributed by atoms with Crippen LogP contribution in [0.2, 0.25) is 5.02 Å². The van der Waals surface area contributed by atoms with Crippen molar-refractivity contribution < 1.29 is 4.52 Å². The highest BCUT2D eigenvalue weighted by atomic mass is 35.5. The van der Waals surface area contributed by atoms with Crippen LogP contribution in [0.3, 0.4) is 0 Å². The number of aryl methyl sites for hydroxylation is 1. The number of benzene rings is 1. The minimum atomic E-state index is 0.776. The van der Waals surface area contributed by atoms with Crippen molar-refractivity contribution in [1.82, 2.24) is 5.16 Å². The van der Waals surface area contributed by atoms with Gasteiger partial charge in [-0.25, -0.2) is 0 Å². The molecular formula is C14H14ClNOS. The van der Waals surface area contributed by atoms with Gasteiger partial charge in [-0.3, -0.25) is 0 Å². The third kappa shape index (κ3) is 2.57. The summed E-state index contributed by atoms with van der Waals surface area (Å²) in [6, 6.07) is 7.92. The van der Waals surface area contributed by atoms with Crippen LogP contribution < -0.4 is 0 Å². The van der Waals surface area contributed by atoms with Gasteiger partial charge in [-0.2, -0.15) is 0 Å². The standard InChI is InChI=1S/C14H14ClNOS/c15-10-5-7-11(8-6-10)18-9-13-12-3-1-2-4-14(12)17-16-13/h5-8H,1-4,9H2. The zero-order valence-electron chi connectivity index (χ0n) is 9.99. The zero-order valence-corrected chi connectivity index (χ0v) is 11.6. The lowest BCUT2D eigenvalue weighted by atomic mass is 9.97. The first-order valence-electron chi connectivity index (χ1n) is 6.17. The molecule has 0 amide bonds. The summed E-state index contributed by atoms with van der Waals surface area (Å²) in [5.74, 6) is 1.98. The van der Waals surface area contributed by atoms with Crippen molar-refractivity contribution in [1.29, 1.82) is 0 Å². The van der Waals surface area contributed by atoms with E-state index in [4.69, 9.17) is 16.1 Å². The molecule has 1 aromatic carbocycles. The fourth-order valence-electron chi connectivity index (χ4n) is 2.24. The molecule has 0 spiro atoms. The first-order valence-corrected chi connectivity index (χ1v) is 7.54. The van der Waals surface area contributed by atoms with Crippen LogP contribution in [0.4, 0.5) is 0 Å². The van der Waals surface area contributed by atoms with Crippen LogP contribution >= 0.6 is 23.4 Å². The maximum atomic E-state index is 5.87. The maximum absolute atomic E-state index is 5.87. The predicted molar refractivity (Wildman–Crippen MR) is 74.2 cm³/mol. The number of aromatic nitrogens is 1. The van der Waals surface area contributed by atoms with Crippen LogP contribution in [0.25, 0.3) is 0 Å². The van der Waals surface area contributed by atoms with Gasteiger partial charge in [-0.1, -0.05) is 16.8 Å². The SMILES string of the molecule is Clc1ccc(SCc2noc3c2CCCC3)cc1. The average molecular weight is 280 g/mol. The van der Waals surface area contributed by atoms with Crippen LogP contribution in [0.15, 0.2) is 33.7 Å². The van der Waals surface area contributed by atoms with E-state index in [0.717, 1.165) is 35.1 Å². The largest absolute Gasteiger partial charge is 0.361 e. The van der Waals surface area contributed by atoms with Gasteiger partial charge in [-0.05, 0) is 43.5 Å². The average Bonchev–Trinajstić information content (AvgIpc) is 2.82. The Labute approximate surface area is 116 Å². The monoisotopic (exact) mass is 279 g/mol. The van der Waals surface area contributed by atoms with Gasteiger partial charge in [0.05, 0.1) is 5.69 Å². The molecule has 1 heterocycles. The molecule has 0 atom stereocenters. The molecule has 1 aliphatic carbocycles. The lowest BCUT2D eigenvalue weighted by Crippen LogP contribution is -2.01. The number of rotatable bonds is 3. The van der Waals surface area contributed by atoms with Crippen molar-refractivity contribution in [2.24, 2.45) is 0 Å². The van der Waals surface area contributed by atoms with Gasteiger partial charge in [0.15, 0.2) is 0 Å². The molecule has 3 rings (SSSR count). The Kier molecular flexibility index (Phi) is 3.62. The summed E-state index contributed by atoms with van der Waals surface area (Å²) in [6.45, 7) is 0. The van der Waals surface area contributed by atoms with Gasteiger partial charge in [-0.15, -0.1) is 11.8 Å².